The lowest BCUT2D eigenvalue weighted by Crippen LogP contribution is -2.11. The molecule has 0 aromatic heterocycles. The molecule has 0 aliphatic carbocycles. The zero-order chi connectivity index (χ0) is 10.6. The Bertz CT molecular complexity index is 282. The van der Waals surface area contributed by atoms with Gasteiger partial charge in [0.05, 0.1) is 0 Å². The Morgan fingerprint density at radius 3 is 1.57 bits per heavy atom. The first kappa shape index (κ1) is 10.5. The van der Waals surface area contributed by atoms with Crippen LogP contribution >= 0.6 is 0 Å². The summed E-state index contributed by atoms with van der Waals surface area (Å²) in [7, 11) is 0. The maximum atomic E-state index is 11.1. The van der Waals surface area contributed by atoms with Crippen LogP contribution in [-0.4, -0.2) is 11.9 Å². The predicted molar refractivity (Wildman–Crippen MR) is 48.9 cm³/mol. The summed E-state index contributed by atoms with van der Waals surface area (Å²) >= 11 is 0. The van der Waals surface area contributed by atoms with Crippen molar-refractivity contribution in [1.82, 2.24) is 0 Å². The van der Waals surface area contributed by atoms with Crippen LogP contribution in [0.5, 0.6) is 0 Å². The fraction of sp³-hybridized carbons (Fsp3) is 0.400. The van der Waals surface area contributed by atoms with E-state index in [0.29, 0.717) is 24.4 Å². The second-order valence-corrected chi connectivity index (χ2v) is 2.73. The first-order chi connectivity index (χ1) is 6.67. The van der Waals surface area contributed by atoms with Crippen molar-refractivity contribution in [3.05, 3.63) is 23.7 Å². The summed E-state index contributed by atoms with van der Waals surface area (Å²) in [5, 5.41) is 0. The minimum absolute atomic E-state index is 0.426. The van der Waals surface area contributed by atoms with E-state index in [1.54, 1.807) is 0 Å². The zero-order valence-electron chi connectivity index (χ0n) is 8.20. The normalized spacial score (nSPS) is 24.7. The van der Waals surface area contributed by atoms with Crippen LogP contribution in [0, 0.1) is 0 Å². The van der Waals surface area contributed by atoms with Crippen molar-refractivity contribution < 1.29 is 19.1 Å². The molecule has 0 N–H and O–H groups in total. The molecule has 14 heavy (non-hydrogen) atoms. The average Bonchev–Trinajstić information content (AvgIpc) is 2.17. The van der Waals surface area contributed by atoms with Gasteiger partial charge < -0.3 is 9.47 Å². The lowest BCUT2D eigenvalue weighted by Gasteiger charge is -2.13. The molecule has 0 radical (unpaired) electrons. The van der Waals surface area contributed by atoms with Gasteiger partial charge >= 0.3 is 11.9 Å². The Balaban J connectivity index is 2.98. The molecule has 76 valence electrons. The van der Waals surface area contributed by atoms with Crippen LogP contribution in [0.15, 0.2) is 23.7 Å². The Kier molecular flexibility index (Phi) is 3.45. The summed E-state index contributed by atoms with van der Waals surface area (Å²) in [6.45, 7) is 3.66. The Morgan fingerprint density at radius 2 is 1.29 bits per heavy atom. The smallest absolute Gasteiger partial charge is 0.336 e. The van der Waals surface area contributed by atoms with E-state index in [1.807, 2.05) is 13.8 Å². The van der Waals surface area contributed by atoms with Gasteiger partial charge in [0.25, 0.3) is 0 Å². The summed E-state index contributed by atoms with van der Waals surface area (Å²) in [6, 6.07) is 0. The van der Waals surface area contributed by atoms with E-state index in [0.717, 1.165) is 12.2 Å². The van der Waals surface area contributed by atoms with Crippen molar-refractivity contribution in [3.8, 4) is 0 Å². The van der Waals surface area contributed by atoms with E-state index in [2.05, 4.69) is 0 Å². The van der Waals surface area contributed by atoms with Crippen molar-refractivity contribution in [1.29, 1.82) is 0 Å². The standard InChI is InChI=1S/C10H12O4/c1-3-7-8(4-2)14-10(12)6-5-9(11)13-7/h5-6H,3-4H2,1-2H3/b6-5-,8-7-. The maximum Gasteiger partial charge on any atom is 0.336 e. The SMILES string of the molecule is CC/C1=C(\CC)OC(=O)/C=C\C(=O)O1. The van der Waals surface area contributed by atoms with E-state index in [9.17, 15) is 9.59 Å². The highest BCUT2D eigenvalue weighted by Gasteiger charge is 2.15. The van der Waals surface area contributed by atoms with E-state index >= 15 is 0 Å². The second kappa shape index (κ2) is 4.60. The number of rotatable bonds is 2. The zero-order valence-corrected chi connectivity index (χ0v) is 8.20. The highest BCUT2D eigenvalue weighted by molar-refractivity contribution is 5.93. The number of allylic oxidation sites excluding steroid dienone is 2. The van der Waals surface area contributed by atoms with Crippen LogP contribution in [-0.2, 0) is 19.1 Å². The van der Waals surface area contributed by atoms with Gasteiger partial charge in [0.2, 0.25) is 0 Å². The molecule has 1 rings (SSSR count). The molecular formula is C10H12O4. The number of hydrogen-bond donors (Lipinski definition) is 0. The summed E-state index contributed by atoms with van der Waals surface area (Å²) < 4.78 is 9.94. The lowest BCUT2D eigenvalue weighted by atomic mass is 10.2. The number of cyclic esters (lactones) is 2. The van der Waals surface area contributed by atoms with Gasteiger partial charge in [-0.2, -0.15) is 0 Å². The summed E-state index contributed by atoms with van der Waals surface area (Å²) in [4.78, 5) is 22.1. The average molecular weight is 196 g/mol. The Labute approximate surface area is 82.2 Å². The third-order valence-electron chi connectivity index (χ3n) is 1.76. The van der Waals surface area contributed by atoms with Crippen molar-refractivity contribution in [2.45, 2.75) is 26.7 Å². The molecule has 0 bridgehead atoms. The van der Waals surface area contributed by atoms with E-state index < -0.39 is 11.9 Å². The molecule has 0 aromatic rings. The van der Waals surface area contributed by atoms with Crippen molar-refractivity contribution in [2.75, 3.05) is 0 Å². The third kappa shape index (κ3) is 2.45. The largest absolute Gasteiger partial charge is 0.424 e. The second-order valence-electron chi connectivity index (χ2n) is 2.73. The topological polar surface area (TPSA) is 52.6 Å². The predicted octanol–water partition coefficient (Wildman–Crippen LogP) is 1.67. The van der Waals surface area contributed by atoms with Gasteiger partial charge in [-0.1, -0.05) is 13.8 Å². The molecule has 0 saturated carbocycles. The minimum Gasteiger partial charge on any atom is -0.424 e. The number of hydrogen-bond acceptors (Lipinski definition) is 4. The maximum absolute atomic E-state index is 11.1. The number of carbonyl (C=O) groups is 2. The van der Waals surface area contributed by atoms with Crippen molar-refractivity contribution in [2.24, 2.45) is 0 Å². The Morgan fingerprint density at radius 1 is 0.929 bits per heavy atom. The summed E-state index contributed by atoms with van der Waals surface area (Å²) in [6.07, 6.45) is 3.17. The van der Waals surface area contributed by atoms with Crippen LogP contribution in [0.1, 0.15) is 26.7 Å². The molecular weight excluding hydrogens is 184 g/mol. The molecule has 4 nitrogen and oxygen atoms in total. The van der Waals surface area contributed by atoms with E-state index in [-0.39, 0.29) is 0 Å². The molecule has 1 aliphatic rings. The molecule has 4 heteroatoms. The minimum atomic E-state index is -0.538. The van der Waals surface area contributed by atoms with Gasteiger partial charge in [-0.05, 0) is 0 Å². The van der Waals surface area contributed by atoms with Crippen molar-refractivity contribution >= 4 is 11.9 Å². The number of ether oxygens (including phenoxy) is 2. The fourth-order valence-electron chi connectivity index (χ4n) is 1.10. The quantitative estimate of drug-likeness (QED) is 0.630. The van der Waals surface area contributed by atoms with Crippen molar-refractivity contribution in [3.63, 3.8) is 0 Å². The lowest BCUT2D eigenvalue weighted by molar-refractivity contribution is -0.140. The molecule has 1 heterocycles. The molecule has 1 aliphatic heterocycles. The van der Waals surface area contributed by atoms with Gasteiger partial charge in [-0.25, -0.2) is 9.59 Å². The monoisotopic (exact) mass is 196 g/mol. The molecule has 0 saturated heterocycles. The molecule has 0 unspecified atom stereocenters. The van der Waals surface area contributed by atoms with Gasteiger partial charge in [0, 0.05) is 25.0 Å². The number of esters is 2. The fourth-order valence-corrected chi connectivity index (χ4v) is 1.10. The van der Waals surface area contributed by atoms with Crippen LogP contribution in [0.25, 0.3) is 0 Å². The highest BCUT2D eigenvalue weighted by Crippen LogP contribution is 2.17. The van der Waals surface area contributed by atoms with Gasteiger partial charge in [0.1, 0.15) is 11.5 Å². The first-order valence-electron chi connectivity index (χ1n) is 4.51. The summed E-state index contributed by atoms with van der Waals surface area (Å²) in [5.74, 6) is -0.223. The van der Waals surface area contributed by atoms with Gasteiger partial charge in [-0.15, -0.1) is 0 Å². The number of carbonyl (C=O) groups excluding carboxylic acids is 2. The van der Waals surface area contributed by atoms with Crippen LogP contribution < -0.4 is 0 Å². The van der Waals surface area contributed by atoms with E-state index in [1.165, 1.54) is 0 Å². The first-order valence-corrected chi connectivity index (χ1v) is 4.51. The molecule has 0 spiro atoms. The summed E-state index contributed by atoms with van der Waals surface area (Å²) in [5.41, 5.74) is 0. The third-order valence-corrected chi connectivity index (χ3v) is 1.76. The Hall–Kier alpha value is -1.58. The molecule has 0 aromatic carbocycles. The molecule has 0 atom stereocenters. The highest BCUT2D eigenvalue weighted by atomic mass is 16.6. The van der Waals surface area contributed by atoms with Crippen LogP contribution in [0.3, 0.4) is 0 Å². The van der Waals surface area contributed by atoms with Gasteiger partial charge in [0.15, 0.2) is 0 Å². The molecule has 0 amide bonds. The van der Waals surface area contributed by atoms with Gasteiger partial charge in [-0.3, -0.25) is 0 Å². The van der Waals surface area contributed by atoms with E-state index in [4.69, 9.17) is 9.47 Å². The van der Waals surface area contributed by atoms with Crippen LogP contribution in [0.4, 0.5) is 0 Å². The molecule has 0 fully saturated rings. The van der Waals surface area contributed by atoms with Crippen LogP contribution in [0.2, 0.25) is 0 Å².